The minimum atomic E-state index is -0.802. The standard InChI is InChI=1S/C24H26BrFN2O4S/c1-15(2)31-16(3)32-24(29)28-12-6-11-27-23(28)19-7-5-8-20(26)22(19)33-14-17-13-18(25)9-10-21(17)30-4/h5,7-10,13,16H,1,6,11-12,14H2,2-4H3. The second-order valence-corrected chi connectivity index (χ2v) is 9.24. The van der Waals surface area contributed by atoms with Gasteiger partial charge in [0.25, 0.3) is 0 Å². The summed E-state index contributed by atoms with van der Waals surface area (Å²) in [7, 11) is 1.60. The Hall–Kier alpha value is -2.52. The van der Waals surface area contributed by atoms with Crippen molar-refractivity contribution < 1.29 is 23.4 Å². The van der Waals surface area contributed by atoms with E-state index in [0.29, 0.717) is 47.3 Å². The summed E-state index contributed by atoms with van der Waals surface area (Å²) in [5.74, 6) is 1.63. The molecule has 0 aliphatic carbocycles. The molecule has 0 saturated carbocycles. The number of carbonyl (C=O) groups excluding carboxylic acids is 1. The number of aliphatic imine (C=N–C) groups is 1. The van der Waals surface area contributed by atoms with Gasteiger partial charge in [-0.05, 0) is 43.7 Å². The number of hydrogen-bond donors (Lipinski definition) is 0. The molecular formula is C24H26BrFN2O4S. The fourth-order valence-corrected chi connectivity index (χ4v) is 4.82. The average Bonchev–Trinajstić information content (AvgIpc) is 2.77. The molecule has 1 aliphatic heterocycles. The third kappa shape index (κ3) is 6.51. The van der Waals surface area contributed by atoms with E-state index in [-0.39, 0.29) is 5.82 Å². The molecule has 1 heterocycles. The van der Waals surface area contributed by atoms with Gasteiger partial charge >= 0.3 is 6.09 Å². The molecule has 33 heavy (non-hydrogen) atoms. The first-order chi connectivity index (χ1) is 15.8. The molecule has 1 aliphatic rings. The largest absolute Gasteiger partial charge is 0.496 e. The van der Waals surface area contributed by atoms with Crippen molar-refractivity contribution in [3.05, 3.63) is 70.2 Å². The van der Waals surface area contributed by atoms with Gasteiger partial charge in [-0.3, -0.25) is 9.89 Å². The van der Waals surface area contributed by atoms with Crippen LogP contribution < -0.4 is 4.74 Å². The number of hydrogen-bond acceptors (Lipinski definition) is 6. The number of amides is 1. The van der Waals surface area contributed by atoms with Crippen LogP contribution in [0.5, 0.6) is 5.75 Å². The van der Waals surface area contributed by atoms with Crippen molar-refractivity contribution in [2.24, 2.45) is 4.99 Å². The number of thioether (sulfide) groups is 1. The summed E-state index contributed by atoms with van der Waals surface area (Å²) in [6, 6.07) is 10.5. The van der Waals surface area contributed by atoms with Crippen LogP contribution in [-0.4, -0.2) is 43.3 Å². The van der Waals surface area contributed by atoms with E-state index >= 15 is 0 Å². The number of ether oxygens (including phenoxy) is 3. The van der Waals surface area contributed by atoms with Crippen molar-refractivity contribution >= 4 is 39.6 Å². The van der Waals surface area contributed by atoms with Gasteiger partial charge in [0.1, 0.15) is 17.4 Å². The van der Waals surface area contributed by atoms with Gasteiger partial charge < -0.3 is 14.2 Å². The summed E-state index contributed by atoms with van der Waals surface area (Å²) in [4.78, 5) is 19.2. The zero-order valence-electron chi connectivity index (χ0n) is 18.8. The monoisotopic (exact) mass is 536 g/mol. The van der Waals surface area contributed by atoms with Crippen molar-refractivity contribution in [3.8, 4) is 5.75 Å². The first-order valence-electron chi connectivity index (χ1n) is 10.4. The lowest BCUT2D eigenvalue weighted by Crippen LogP contribution is -2.43. The second-order valence-electron chi connectivity index (χ2n) is 7.34. The molecule has 0 fully saturated rings. The van der Waals surface area contributed by atoms with E-state index in [1.807, 2.05) is 18.2 Å². The van der Waals surface area contributed by atoms with E-state index in [1.165, 1.54) is 22.7 Å². The number of methoxy groups -OCH3 is 1. The quantitative estimate of drug-likeness (QED) is 0.222. The number of carbonyl (C=O) groups is 1. The Morgan fingerprint density at radius 3 is 2.85 bits per heavy atom. The van der Waals surface area contributed by atoms with Gasteiger partial charge in [-0.2, -0.15) is 0 Å². The molecule has 0 aromatic heterocycles. The number of allylic oxidation sites excluding steroid dienone is 1. The van der Waals surface area contributed by atoms with E-state index in [2.05, 4.69) is 27.5 Å². The minimum absolute atomic E-state index is 0.382. The molecule has 3 rings (SSSR count). The molecule has 0 spiro atoms. The Morgan fingerprint density at radius 1 is 1.33 bits per heavy atom. The Balaban J connectivity index is 1.87. The van der Waals surface area contributed by atoms with Crippen molar-refractivity contribution in [1.82, 2.24) is 4.90 Å². The maximum atomic E-state index is 15.0. The van der Waals surface area contributed by atoms with Gasteiger partial charge in [0, 0.05) is 41.4 Å². The van der Waals surface area contributed by atoms with Crippen LogP contribution in [0.2, 0.25) is 0 Å². The van der Waals surface area contributed by atoms with Crippen LogP contribution in [0.4, 0.5) is 9.18 Å². The summed E-state index contributed by atoms with van der Waals surface area (Å²) < 4.78 is 32.0. The first-order valence-corrected chi connectivity index (χ1v) is 12.2. The summed E-state index contributed by atoms with van der Waals surface area (Å²) in [5.41, 5.74) is 1.46. The predicted molar refractivity (Wildman–Crippen MR) is 131 cm³/mol. The van der Waals surface area contributed by atoms with Crippen molar-refractivity contribution in [2.45, 2.75) is 37.2 Å². The molecular weight excluding hydrogens is 511 g/mol. The van der Waals surface area contributed by atoms with Gasteiger partial charge in [-0.1, -0.05) is 28.6 Å². The molecule has 0 radical (unpaired) electrons. The fourth-order valence-electron chi connectivity index (χ4n) is 3.37. The predicted octanol–water partition coefficient (Wildman–Crippen LogP) is 6.37. The molecule has 9 heteroatoms. The summed E-state index contributed by atoms with van der Waals surface area (Å²) in [6.45, 7) is 7.90. The maximum absolute atomic E-state index is 15.0. The molecule has 0 N–H and O–H groups in total. The topological polar surface area (TPSA) is 60.4 Å². The fraction of sp³-hybridized carbons (Fsp3) is 0.333. The van der Waals surface area contributed by atoms with Crippen LogP contribution in [0.3, 0.4) is 0 Å². The molecule has 1 amide bonds. The zero-order chi connectivity index (χ0) is 24.0. The van der Waals surface area contributed by atoms with Crippen LogP contribution in [0.1, 0.15) is 31.4 Å². The highest BCUT2D eigenvalue weighted by Gasteiger charge is 2.29. The van der Waals surface area contributed by atoms with Crippen molar-refractivity contribution in [1.29, 1.82) is 0 Å². The molecule has 176 valence electrons. The van der Waals surface area contributed by atoms with Gasteiger partial charge in [0.2, 0.25) is 6.29 Å². The Morgan fingerprint density at radius 2 is 2.12 bits per heavy atom. The molecule has 0 saturated heterocycles. The Labute approximate surface area is 205 Å². The van der Waals surface area contributed by atoms with Crippen molar-refractivity contribution in [2.75, 3.05) is 20.2 Å². The number of halogens is 2. The molecule has 0 bridgehead atoms. The minimum Gasteiger partial charge on any atom is -0.496 e. The highest BCUT2D eigenvalue weighted by atomic mass is 79.9. The third-order valence-corrected chi connectivity index (χ3v) is 6.39. The van der Waals surface area contributed by atoms with Crippen LogP contribution in [0, 0.1) is 5.82 Å². The maximum Gasteiger partial charge on any atom is 0.418 e. The number of amidine groups is 1. The number of rotatable bonds is 8. The van der Waals surface area contributed by atoms with Gasteiger partial charge in [0.05, 0.1) is 17.8 Å². The van der Waals surface area contributed by atoms with Gasteiger partial charge in [-0.25, -0.2) is 9.18 Å². The Bertz CT molecular complexity index is 1060. The number of nitrogens with zero attached hydrogens (tertiary/aromatic N) is 2. The third-order valence-electron chi connectivity index (χ3n) is 4.73. The first kappa shape index (κ1) is 25.1. The smallest absolute Gasteiger partial charge is 0.418 e. The summed E-state index contributed by atoms with van der Waals surface area (Å²) in [6.07, 6.45) is -0.721. The lowest BCUT2D eigenvalue weighted by Gasteiger charge is -2.29. The SMILES string of the molecule is C=C(C)OC(C)OC(=O)N1CCCN=C1c1cccc(F)c1SCc1cc(Br)ccc1OC. The molecule has 2 aromatic rings. The van der Waals surface area contributed by atoms with Crippen LogP contribution in [-0.2, 0) is 15.2 Å². The molecule has 1 unspecified atom stereocenters. The van der Waals surface area contributed by atoms with E-state index in [0.717, 1.165) is 15.8 Å². The van der Waals surface area contributed by atoms with Crippen molar-refractivity contribution in [3.63, 3.8) is 0 Å². The zero-order valence-corrected chi connectivity index (χ0v) is 21.2. The summed E-state index contributed by atoms with van der Waals surface area (Å²) >= 11 is 4.79. The van der Waals surface area contributed by atoms with E-state index in [4.69, 9.17) is 14.2 Å². The molecule has 6 nitrogen and oxygen atoms in total. The highest BCUT2D eigenvalue weighted by molar-refractivity contribution is 9.10. The normalized spacial score (nSPS) is 14.3. The number of benzene rings is 2. The lowest BCUT2D eigenvalue weighted by atomic mass is 10.1. The van der Waals surface area contributed by atoms with E-state index in [1.54, 1.807) is 33.1 Å². The van der Waals surface area contributed by atoms with E-state index in [9.17, 15) is 9.18 Å². The highest BCUT2D eigenvalue weighted by Crippen LogP contribution is 2.34. The van der Waals surface area contributed by atoms with Crippen LogP contribution in [0.25, 0.3) is 0 Å². The Kier molecular flexibility index (Phi) is 8.80. The lowest BCUT2D eigenvalue weighted by molar-refractivity contribution is -0.0651. The van der Waals surface area contributed by atoms with Gasteiger partial charge in [0.15, 0.2) is 0 Å². The van der Waals surface area contributed by atoms with Gasteiger partial charge in [-0.15, -0.1) is 11.8 Å². The van der Waals surface area contributed by atoms with Crippen LogP contribution in [0.15, 0.2) is 63.1 Å². The summed E-state index contributed by atoms with van der Waals surface area (Å²) in [5, 5.41) is 0. The second kappa shape index (κ2) is 11.6. The molecule has 2 aromatic carbocycles. The van der Waals surface area contributed by atoms with Crippen LogP contribution >= 0.6 is 27.7 Å². The molecule has 1 atom stereocenters. The van der Waals surface area contributed by atoms with E-state index < -0.39 is 12.4 Å². The average molecular weight is 537 g/mol.